The van der Waals surface area contributed by atoms with E-state index in [-0.39, 0.29) is 28.2 Å². The summed E-state index contributed by atoms with van der Waals surface area (Å²) in [6.45, 7) is 2.04. The number of hydrogen-bond acceptors (Lipinski definition) is 5. The minimum Gasteiger partial charge on any atom is -0.465 e. The zero-order valence-electron chi connectivity index (χ0n) is 16.0. The third-order valence-electron chi connectivity index (χ3n) is 5.53. The molecule has 1 aliphatic carbocycles. The maximum atomic E-state index is 15.0. The summed E-state index contributed by atoms with van der Waals surface area (Å²) in [5.74, 6) is -1.22. The average molecular weight is 466 g/mol. The number of halogens is 2. The van der Waals surface area contributed by atoms with E-state index < -0.39 is 17.2 Å². The average Bonchev–Trinajstić information content (AvgIpc) is 3.58. The first kappa shape index (κ1) is 19.9. The highest BCUT2D eigenvalue weighted by atomic mass is 79.9. The Morgan fingerprint density at radius 2 is 1.90 bits per heavy atom. The molecule has 0 unspecified atom stereocenters. The number of aromatic nitrogens is 1. The molecule has 9 heteroatoms. The summed E-state index contributed by atoms with van der Waals surface area (Å²) in [5, 5.41) is 0.446. The first-order valence-corrected chi connectivity index (χ1v) is 10.6. The predicted octanol–water partition coefficient (Wildman–Crippen LogP) is 2.31. The molecule has 1 aromatic carbocycles. The van der Waals surface area contributed by atoms with Crippen molar-refractivity contribution in [2.24, 2.45) is 0 Å². The Morgan fingerprint density at radius 1 is 1.21 bits per heavy atom. The Hall–Kier alpha value is -2.42. The van der Waals surface area contributed by atoms with Crippen molar-refractivity contribution in [2.75, 3.05) is 43.5 Å². The fourth-order valence-corrected chi connectivity index (χ4v) is 4.15. The number of anilines is 1. The molecule has 0 bridgehead atoms. The van der Waals surface area contributed by atoms with Gasteiger partial charge < -0.3 is 19.1 Å². The number of methoxy groups -OCH3 is 1. The molecule has 7 nitrogen and oxygen atoms in total. The topological polar surface area (TPSA) is 71.8 Å². The summed E-state index contributed by atoms with van der Waals surface area (Å²) < 4.78 is 21.6. The van der Waals surface area contributed by atoms with E-state index in [9.17, 15) is 18.8 Å². The first-order chi connectivity index (χ1) is 13.9. The molecule has 4 rings (SSSR count). The smallest absolute Gasteiger partial charge is 0.343 e. The van der Waals surface area contributed by atoms with Crippen LogP contribution in [0.25, 0.3) is 10.9 Å². The van der Waals surface area contributed by atoms with Gasteiger partial charge in [-0.2, -0.15) is 0 Å². The lowest BCUT2D eigenvalue weighted by atomic mass is 10.1. The normalized spacial score (nSPS) is 16.9. The van der Waals surface area contributed by atoms with Gasteiger partial charge in [-0.25, -0.2) is 9.18 Å². The molecule has 1 saturated carbocycles. The van der Waals surface area contributed by atoms with Crippen molar-refractivity contribution in [3.63, 3.8) is 0 Å². The number of alkyl halides is 1. The van der Waals surface area contributed by atoms with Crippen LogP contribution in [0.1, 0.15) is 29.2 Å². The van der Waals surface area contributed by atoms with Crippen LogP contribution in [-0.2, 0) is 9.53 Å². The Balaban J connectivity index is 1.75. The van der Waals surface area contributed by atoms with Gasteiger partial charge in [-0.3, -0.25) is 9.59 Å². The van der Waals surface area contributed by atoms with Crippen LogP contribution in [-0.4, -0.2) is 60.0 Å². The van der Waals surface area contributed by atoms with Crippen molar-refractivity contribution in [2.45, 2.75) is 18.9 Å². The van der Waals surface area contributed by atoms with Crippen molar-refractivity contribution >= 4 is 44.4 Å². The number of ether oxygens (including phenoxy) is 1. The number of carbonyl (C=O) groups excluding carboxylic acids is 2. The first-order valence-electron chi connectivity index (χ1n) is 9.50. The van der Waals surface area contributed by atoms with Crippen LogP contribution >= 0.6 is 15.9 Å². The van der Waals surface area contributed by atoms with Crippen molar-refractivity contribution in [1.29, 1.82) is 0 Å². The lowest BCUT2D eigenvalue weighted by Gasteiger charge is -2.36. The molecule has 0 N–H and O–H groups in total. The van der Waals surface area contributed by atoms with Crippen LogP contribution in [0.4, 0.5) is 10.1 Å². The number of fused-ring (bicyclic) bond motifs is 1. The van der Waals surface area contributed by atoms with Crippen LogP contribution in [0.15, 0.2) is 23.1 Å². The Morgan fingerprint density at radius 3 is 2.48 bits per heavy atom. The van der Waals surface area contributed by atoms with Crippen LogP contribution in [0, 0.1) is 5.82 Å². The molecule has 2 fully saturated rings. The molecule has 154 valence electrons. The Bertz CT molecular complexity index is 1040. The number of rotatable bonds is 4. The second-order valence-corrected chi connectivity index (χ2v) is 7.88. The van der Waals surface area contributed by atoms with E-state index in [0.29, 0.717) is 37.4 Å². The molecule has 1 amide bonds. The fourth-order valence-electron chi connectivity index (χ4n) is 3.79. The van der Waals surface area contributed by atoms with Crippen LogP contribution in [0.2, 0.25) is 0 Å². The summed E-state index contributed by atoms with van der Waals surface area (Å²) >= 11 is 3.17. The standard InChI is InChI=1S/C20H21BrFN3O4/c1-29-20(28)14-11-25(12-2-3-12)16-9-17(15(22)8-13(16)19(14)27)23-4-6-24(7-5-23)18(26)10-21/h8-9,11-12H,2-7,10H2,1H3. The fraction of sp³-hybridized carbons (Fsp3) is 0.450. The summed E-state index contributed by atoms with van der Waals surface area (Å²) in [7, 11) is 1.22. The third kappa shape index (κ3) is 3.63. The molecule has 1 saturated heterocycles. The molecule has 2 heterocycles. The summed E-state index contributed by atoms with van der Waals surface area (Å²) in [6, 6.07) is 3.09. The second kappa shape index (κ2) is 7.78. The lowest BCUT2D eigenvalue weighted by molar-refractivity contribution is -0.128. The van der Waals surface area contributed by atoms with Crippen molar-refractivity contribution < 1.29 is 18.7 Å². The molecule has 0 atom stereocenters. The molecule has 0 radical (unpaired) electrons. The second-order valence-electron chi connectivity index (χ2n) is 7.32. The highest BCUT2D eigenvalue weighted by Crippen LogP contribution is 2.38. The lowest BCUT2D eigenvalue weighted by Crippen LogP contribution is -2.49. The highest BCUT2D eigenvalue weighted by molar-refractivity contribution is 9.09. The molecule has 0 spiro atoms. The van der Waals surface area contributed by atoms with Gasteiger partial charge in [0.15, 0.2) is 0 Å². The van der Waals surface area contributed by atoms with E-state index in [1.54, 1.807) is 11.0 Å². The van der Waals surface area contributed by atoms with Gasteiger partial charge in [-0.15, -0.1) is 0 Å². The molecule has 1 aliphatic heterocycles. The van der Waals surface area contributed by atoms with Gasteiger partial charge in [-0.1, -0.05) is 15.9 Å². The van der Waals surface area contributed by atoms with Crippen molar-refractivity contribution in [3.8, 4) is 0 Å². The summed E-state index contributed by atoms with van der Waals surface area (Å²) in [5.41, 5.74) is 0.409. The Labute approximate surface area is 175 Å². The van der Waals surface area contributed by atoms with Gasteiger partial charge in [-0.05, 0) is 25.0 Å². The van der Waals surface area contributed by atoms with Crippen molar-refractivity contribution in [3.05, 3.63) is 39.9 Å². The molecule has 1 aromatic heterocycles. The van der Waals surface area contributed by atoms with E-state index >= 15 is 0 Å². The number of amides is 1. The summed E-state index contributed by atoms with van der Waals surface area (Å²) in [6.07, 6.45) is 3.42. The van der Waals surface area contributed by atoms with E-state index in [1.165, 1.54) is 19.4 Å². The number of hydrogen-bond donors (Lipinski definition) is 0. The molecule has 29 heavy (non-hydrogen) atoms. The SMILES string of the molecule is COC(=O)c1cn(C2CC2)c2cc(N3CCN(C(=O)CBr)CC3)c(F)cc2c1=O. The zero-order valence-corrected chi connectivity index (χ0v) is 17.6. The monoisotopic (exact) mass is 465 g/mol. The quantitative estimate of drug-likeness (QED) is 0.511. The predicted molar refractivity (Wildman–Crippen MR) is 110 cm³/mol. The number of benzene rings is 1. The maximum absolute atomic E-state index is 15.0. The number of nitrogens with zero attached hydrogens (tertiary/aromatic N) is 3. The van der Waals surface area contributed by atoms with Gasteiger partial charge >= 0.3 is 5.97 Å². The van der Waals surface area contributed by atoms with Crippen LogP contribution < -0.4 is 10.3 Å². The van der Waals surface area contributed by atoms with Crippen molar-refractivity contribution in [1.82, 2.24) is 9.47 Å². The number of esters is 1. The highest BCUT2D eigenvalue weighted by Gasteiger charge is 2.29. The van der Waals surface area contributed by atoms with Crippen LogP contribution in [0.3, 0.4) is 0 Å². The van der Waals surface area contributed by atoms with E-state index in [0.717, 1.165) is 12.8 Å². The van der Waals surface area contributed by atoms with Crippen LogP contribution in [0.5, 0.6) is 0 Å². The zero-order chi connectivity index (χ0) is 20.7. The van der Waals surface area contributed by atoms with Gasteiger partial charge in [0.2, 0.25) is 11.3 Å². The molecular formula is C20H21BrFN3O4. The molecule has 2 aromatic rings. The minimum absolute atomic E-state index is 0.0153. The minimum atomic E-state index is -0.719. The number of piperazine rings is 1. The van der Waals surface area contributed by atoms with E-state index in [4.69, 9.17) is 4.74 Å². The van der Waals surface area contributed by atoms with Gasteiger partial charge in [0, 0.05) is 43.8 Å². The molecular weight excluding hydrogens is 445 g/mol. The largest absolute Gasteiger partial charge is 0.465 e. The summed E-state index contributed by atoms with van der Waals surface area (Å²) in [4.78, 5) is 40.3. The molecule has 2 aliphatic rings. The Kier molecular flexibility index (Phi) is 5.33. The van der Waals surface area contributed by atoms with E-state index in [2.05, 4.69) is 15.9 Å². The maximum Gasteiger partial charge on any atom is 0.343 e. The van der Waals surface area contributed by atoms with Gasteiger partial charge in [0.25, 0.3) is 0 Å². The third-order valence-corrected chi connectivity index (χ3v) is 6.01. The van der Waals surface area contributed by atoms with Gasteiger partial charge in [0.1, 0.15) is 11.4 Å². The van der Waals surface area contributed by atoms with E-state index in [1.807, 2.05) is 9.47 Å². The number of pyridine rings is 1. The number of carbonyl (C=O) groups is 2. The van der Waals surface area contributed by atoms with Gasteiger partial charge in [0.05, 0.1) is 23.6 Å².